The van der Waals surface area contributed by atoms with Gasteiger partial charge in [0.05, 0.1) is 6.10 Å². The highest BCUT2D eigenvalue weighted by Gasteiger charge is 2.30. The van der Waals surface area contributed by atoms with E-state index in [0.717, 1.165) is 12.8 Å². The Balaban J connectivity index is 1.43. The number of hydrogen-bond acceptors (Lipinski definition) is 1. The molecule has 0 amide bonds. The number of rotatable bonds is 3. The molecule has 0 saturated heterocycles. The van der Waals surface area contributed by atoms with E-state index in [4.69, 9.17) is 4.74 Å². The second-order valence-corrected chi connectivity index (χ2v) is 9.91. The summed E-state index contributed by atoms with van der Waals surface area (Å²) < 4.78 is 6.35. The van der Waals surface area contributed by atoms with Gasteiger partial charge < -0.3 is 4.74 Å². The van der Waals surface area contributed by atoms with Crippen LogP contribution in [0.4, 0.5) is 0 Å². The standard InChI is InChI=1S/C35H28O/c1-36-35-31(33-21-23-11-2-4-13-25(23)27-15-6-8-17-29(27)33)19-10-20-32(35)34-22-24-12-3-5-14-26(24)28-16-7-9-18-30(28)34/h2,4-11,13-22,31,35H,3,12H2,1H3. The van der Waals surface area contributed by atoms with Crippen molar-refractivity contribution in [2.75, 3.05) is 7.11 Å². The van der Waals surface area contributed by atoms with Crippen LogP contribution in [0.25, 0.3) is 44.0 Å². The van der Waals surface area contributed by atoms with Gasteiger partial charge in [0.1, 0.15) is 0 Å². The lowest BCUT2D eigenvalue weighted by atomic mass is 9.78. The van der Waals surface area contributed by atoms with Crippen LogP contribution in [-0.4, -0.2) is 13.2 Å². The predicted molar refractivity (Wildman–Crippen MR) is 153 cm³/mol. The highest BCUT2D eigenvalue weighted by molar-refractivity contribution is 6.09. The zero-order chi connectivity index (χ0) is 24.1. The van der Waals surface area contributed by atoms with Crippen molar-refractivity contribution in [1.29, 1.82) is 0 Å². The van der Waals surface area contributed by atoms with Gasteiger partial charge in [-0.05, 0) is 79.1 Å². The molecule has 7 rings (SSSR count). The lowest BCUT2D eigenvalue weighted by Gasteiger charge is -2.31. The average Bonchev–Trinajstić information content (AvgIpc) is 2.96. The summed E-state index contributed by atoms with van der Waals surface area (Å²) in [5.41, 5.74) is 6.69. The van der Waals surface area contributed by atoms with Crippen molar-refractivity contribution in [2.45, 2.75) is 24.9 Å². The van der Waals surface area contributed by atoms with Crippen molar-refractivity contribution in [3.8, 4) is 0 Å². The fraction of sp³-hybridized carbons (Fsp3) is 0.143. The second-order valence-electron chi connectivity index (χ2n) is 9.91. The van der Waals surface area contributed by atoms with Crippen LogP contribution < -0.4 is 0 Å². The molecule has 0 saturated carbocycles. The summed E-state index contributed by atoms with van der Waals surface area (Å²) in [6, 6.07) is 31.1. The first-order chi connectivity index (χ1) is 17.8. The van der Waals surface area contributed by atoms with E-state index < -0.39 is 0 Å². The van der Waals surface area contributed by atoms with Crippen molar-refractivity contribution in [3.63, 3.8) is 0 Å². The monoisotopic (exact) mass is 464 g/mol. The normalized spacial score (nSPS) is 19.1. The Bertz CT molecular complexity index is 1730. The lowest BCUT2D eigenvalue weighted by molar-refractivity contribution is 0.136. The molecule has 0 heterocycles. The molecule has 0 radical (unpaired) electrons. The summed E-state index contributed by atoms with van der Waals surface area (Å²) >= 11 is 0. The molecule has 1 heteroatoms. The Labute approximate surface area is 212 Å². The van der Waals surface area contributed by atoms with Crippen LogP contribution >= 0.6 is 0 Å². The molecule has 36 heavy (non-hydrogen) atoms. The van der Waals surface area contributed by atoms with Crippen LogP contribution in [-0.2, 0) is 11.2 Å². The van der Waals surface area contributed by atoms with Gasteiger partial charge in [-0.25, -0.2) is 0 Å². The van der Waals surface area contributed by atoms with E-state index in [2.05, 4.69) is 115 Å². The molecule has 0 fully saturated rings. The van der Waals surface area contributed by atoms with Gasteiger partial charge in [0.25, 0.3) is 0 Å². The fourth-order valence-corrected chi connectivity index (χ4v) is 6.35. The third kappa shape index (κ3) is 3.27. The summed E-state index contributed by atoms with van der Waals surface area (Å²) in [5, 5.41) is 7.81. The van der Waals surface area contributed by atoms with Crippen molar-refractivity contribution >= 4 is 44.0 Å². The van der Waals surface area contributed by atoms with Crippen LogP contribution in [0.15, 0.2) is 109 Å². The Hall–Kier alpha value is -3.94. The number of allylic oxidation sites excluding steroid dienone is 3. The van der Waals surface area contributed by atoms with Gasteiger partial charge in [-0.1, -0.05) is 109 Å². The van der Waals surface area contributed by atoms with Crippen LogP contribution in [0.2, 0.25) is 0 Å². The van der Waals surface area contributed by atoms with E-state index in [1.807, 2.05) is 7.11 Å². The molecule has 5 aromatic rings. The summed E-state index contributed by atoms with van der Waals surface area (Å²) in [6.45, 7) is 0. The highest BCUT2D eigenvalue weighted by atomic mass is 16.5. The number of ether oxygens (including phenoxy) is 1. The number of fused-ring (bicyclic) bond motifs is 6. The highest BCUT2D eigenvalue weighted by Crippen LogP contribution is 2.43. The van der Waals surface area contributed by atoms with Gasteiger partial charge in [-0.3, -0.25) is 0 Å². The second kappa shape index (κ2) is 8.62. The van der Waals surface area contributed by atoms with E-state index >= 15 is 0 Å². The molecule has 2 atom stereocenters. The van der Waals surface area contributed by atoms with Gasteiger partial charge in [-0.2, -0.15) is 0 Å². The largest absolute Gasteiger partial charge is 0.376 e. The molecular weight excluding hydrogens is 436 g/mol. The predicted octanol–water partition coefficient (Wildman–Crippen LogP) is 8.86. The van der Waals surface area contributed by atoms with E-state index in [0.29, 0.717) is 0 Å². The van der Waals surface area contributed by atoms with E-state index in [1.54, 1.807) is 0 Å². The topological polar surface area (TPSA) is 9.23 Å². The molecule has 0 aliphatic heterocycles. The van der Waals surface area contributed by atoms with Crippen LogP contribution in [0.3, 0.4) is 0 Å². The maximum absolute atomic E-state index is 6.35. The Morgan fingerprint density at radius 2 is 1.47 bits per heavy atom. The number of hydrogen-bond donors (Lipinski definition) is 0. The van der Waals surface area contributed by atoms with Gasteiger partial charge in [0.2, 0.25) is 0 Å². The maximum Gasteiger partial charge on any atom is 0.0930 e. The molecule has 0 N–H and O–H groups in total. The minimum absolute atomic E-state index is 0.0693. The molecule has 0 aromatic heterocycles. The number of methoxy groups -OCH3 is 1. The van der Waals surface area contributed by atoms with Crippen molar-refractivity contribution < 1.29 is 4.74 Å². The van der Waals surface area contributed by atoms with Gasteiger partial charge in [-0.15, -0.1) is 0 Å². The minimum Gasteiger partial charge on any atom is -0.376 e. The van der Waals surface area contributed by atoms with Crippen molar-refractivity contribution in [3.05, 3.63) is 131 Å². The third-order valence-electron chi connectivity index (χ3n) is 7.99. The molecule has 2 aliphatic carbocycles. The number of benzene rings is 5. The molecule has 1 nitrogen and oxygen atoms in total. The Morgan fingerprint density at radius 3 is 2.31 bits per heavy atom. The minimum atomic E-state index is -0.0693. The summed E-state index contributed by atoms with van der Waals surface area (Å²) in [5.74, 6) is 0.124. The first-order valence-electron chi connectivity index (χ1n) is 12.9. The average molecular weight is 465 g/mol. The molecule has 2 aliphatic rings. The molecule has 174 valence electrons. The van der Waals surface area contributed by atoms with Crippen LogP contribution in [0.5, 0.6) is 0 Å². The molecule has 0 bridgehead atoms. The fourth-order valence-electron chi connectivity index (χ4n) is 6.35. The summed E-state index contributed by atoms with van der Waals surface area (Å²) in [4.78, 5) is 0. The van der Waals surface area contributed by atoms with Crippen LogP contribution in [0, 0.1) is 0 Å². The lowest BCUT2D eigenvalue weighted by Crippen LogP contribution is -2.24. The van der Waals surface area contributed by atoms with E-state index in [-0.39, 0.29) is 12.0 Å². The van der Waals surface area contributed by atoms with E-state index in [9.17, 15) is 0 Å². The first-order valence-corrected chi connectivity index (χ1v) is 12.9. The Morgan fingerprint density at radius 1 is 0.750 bits per heavy atom. The zero-order valence-corrected chi connectivity index (χ0v) is 20.4. The molecule has 5 aromatic carbocycles. The van der Waals surface area contributed by atoms with Gasteiger partial charge in [0.15, 0.2) is 0 Å². The van der Waals surface area contributed by atoms with Crippen molar-refractivity contribution in [2.24, 2.45) is 0 Å². The number of aryl methyl sites for hydroxylation is 1. The quantitative estimate of drug-likeness (QED) is 0.242. The van der Waals surface area contributed by atoms with E-state index in [1.165, 1.54) is 60.1 Å². The van der Waals surface area contributed by atoms with Crippen LogP contribution in [0.1, 0.15) is 34.6 Å². The molecule has 2 unspecified atom stereocenters. The third-order valence-corrected chi connectivity index (χ3v) is 7.99. The van der Waals surface area contributed by atoms with Gasteiger partial charge >= 0.3 is 0 Å². The SMILES string of the molecule is COC1C(c2cc3c(c4ccccc24)C=CCC3)=CC=CC1c1cc2ccccc2c2ccccc12. The first kappa shape index (κ1) is 21.4. The maximum atomic E-state index is 6.35. The summed E-state index contributed by atoms with van der Waals surface area (Å²) in [6.07, 6.45) is 13.5. The molecular formula is C35H28O. The summed E-state index contributed by atoms with van der Waals surface area (Å²) in [7, 11) is 1.86. The van der Waals surface area contributed by atoms with Crippen molar-refractivity contribution in [1.82, 2.24) is 0 Å². The smallest absolute Gasteiger partial charge is 0.0930 e. The Kier molecular flexibility index (Phi) is 5.11. The molecule has 0 spiro atoms. The zero-order valence-electron chi connectivity index (χ0n) is 20.4. The van der Waals surface area contributed by atoms with Gasteiger partial charge in [0, 0.05) is 13.0 Å².